The molecule has 1 aromatic rings. The Balaban J connectivity index is 0.00000784. The van der Waals surface area contributed by atoms with E-state index in [1.165, 1.54) is 6.26 Å². The van der Waals surface area contributed by atoms with Gasteiger partial charge in [-0.25, -0.2) is 13.4 Å². The smallest absolute Gasteiger partial charge is 0.367 e. The summed E-state index contributed by atoms with van der Waals surface area (Å²) in [6.07, 6.45) is -2.66. The third-order valence-electron chi connectivity index (χ3n) is 3.63. The number of hydrogen-bond donors (Lipinski definition) is 2. The van der Waals surface area contributed by atoms with Crippen molar-refractivity contribution >= 4 is 39.8 Å². The van der Waals surface area contributed by atoms with Crippen LogP contribution in [0.25, 0.3) is 0 Å². The predicted octanol–water partition coefficient (Wildman–Crippen LogP) is 3.26. The molecule has 11 heteroatoms. The van der Waals surface area contributed by atoms with Gasteiger partial charge in [-0.15, -0.1) is 24.0 Å². The molecule has 0 aromatic heterocycles. The predicted molar refractivity (Wildman–Crippen MR) is 119 cm³/mol. The molecule has 1 rings (SSSR count). The Hall–Kier alpha value is -1.08. The average Bonchev–Trinajstić information content (AvgIpc) is 2.57. The summed E-state index contributed by atoms with van der Waals surface area (Å²) in [6, 6.07) is 6.91. The summed E-state index contributed by atoms with van der Waals surface area (Å²) in [5, 5.41) is 6.26. The number of guanidine groups is 1. The van der Waals surface area contributed by atoms with Crippen LogP contribution < -0.4 is 10.6 Å². The van der Waals surface area contributed by atoms with Crippen LogP contribution in [0.1, 0.15) is 31.4 Å². The number of halogens is 4. The highest BCUT2D eigenvalue weighted by Gasteiger charge is 2.27. The van der Waals surface area contributed by atoms with Gasteiger partial charge in [0.1, 0.15) is 16.4 Å². The van der Waals surface area contributed by atoms with E-state index in [-0.39, 0.29) is 42.4 Å². The number of rotatable bonds is 10. The molecule has 168 valence electrons. The van der Waals surface area contributed by atoms with Crippen molar-refractivity contribution in [1.29, 1.82) is 0 Å². The van der Waals surface area contributed by atoms with E-state index in [1.807, 2.05) is 13.8 Å². The molecule has 29 heavy (non-hydrogen) atoms. The van der Waals surface area contributed by atoms with E-state index in [0.717, 1.165) is 5.56 Å². The number of nitrogens with one attached hydrogen (secondary N) is 2. The molecule has 0 saturated heterocycles. The molecule has 0 bridgehead atoms. The monoisotopic (exact) mass is 551 g/mol. The van der Waals surface area contributed by atoms with E-state index in [1.54, 1.807) is 24.3 Å². The molecule has 0 spiro atoms. The first-order valence-corrected chi connectivity index (χ1v) is 11.0. The first-order valence-electron chi connectivity index (χ1n) is 8.93. The van der Waals surface area contributed by atoms with Gasteiger partial charge in [0.25, 0.3) is 0 Å². The van der Waals surface area contributed by atoms with Gasteiger partial charge in [-0.3, -0.25) is 0 Å². The topological polar surface area (TPSA) is 79.8 Å². The summed E-state index contributed by atoms with van der Waals surface area (Å²) in [7, 11) is -3.01. The molecular weight excluding hydrogens is 522 g/mol. The summed E-state index contributed by atoms with van der Waals surface area (Å²) in [5.41, 5.74) is 1.54. The minimum Gasteiger partial charge on any atom is -0.367 e. The van der Waals surface area contributed by atoms with Gasteiger partial charge < -0.3 is 15.4 Å². The standard InChI is InChI=1S/C18H28F3N3O3S.HI/c1-4-22-17(24-14(2)9-10-28(3,25)26)23-11-15-5-7-16(8-6-15)12-27-13-18(19,20)21;/h5-8,14H,4,9-13H2,1-3H3,(H2,22,23,24);1H. The summed E-state index contributed by atoms with van der Waals surface area (Å²) in [6.45, 7) is 3.46. The normalized spacial score (nSPS) is 13.5. The minimum atomic E-state index is -4.33. The quantitative estimate of drug-likeness (QED) is 0.265. The van der Waals surface area contributed by atoms with E-state index in [2.05, 4.69) is 20.4 Å². The number of ether oxygens (including phenoxy) is 1. The third-order valence-corrected chi connectivity index (χ3v) is 4.60. The van der Waals surface area contributed by atoms with Crippen molar-refractivity contribution < 1.29 is 26.3 Å². The number of benzene rings is 1. The highest BCUT2D eigenvalue weighted by molar-refractivity contribution is 14.0. The molecule has 1 aromatic carbocycles. The van der Waals surface area contributed by atoms with E-state index in [4.69, 9.17) is 0 Å². The molecule has 0 amide bonds. The van der Waals surface area contributed by atoms with Gasteiger partial charge in [-0.1, -0.05) is 24.3 Å². The fraction of sp³-hybridized carbons (Fsp3) is 0.611. The Bertz CT molecular complexity index is 726. The van der Waals surface area contributed by atoms with Gasteiger partial charge in [-0.2, -0.15) is 13.2 Å². The number of alkyl halides is 3. The number of nitrogens with zero attached hydrogens (tertiary/aromatic N) is 1. The van der Waals surface area contributed by atoms with E-state index in [9.17, 15) is 21.6 Å². The van der Waals surface area contributed by atoms with Crippen LogP contribution in [0.4, 0.5) is 13.2 Å². The lowest BCUT2D eigenvalue weighted by molar-refractivity contribution is -0.176. The average molecular weight is 551 g/mol. The van der Waals surface area contributed by atoms with E-state index in [0.29, 0.717) is 31.0 Å². The summed E-state index contributed by atoms with van der Waals surface area (Å²) < 4.78 is 63.4. The lowest BCUT2D eigenvalue weighted by Crippen LogP contribution is -2.42. The Labute approximate surface area is 187 Å². The van der Waals surface area contributed by atoms with Crippen molar-refractivity contribution in [3.63, 3.8) is 0 Å². The Morgan fingerprint density at radius 1 is 1.21 bits per heavy atom. The molecular formula is C18H29F3IN3O3S. The molecule has 0 saturated carbocycles. The van der Waals surface area contributed by atoms with E-state index < -0.39 is 22.6 Å². The molecule has 0 fully saturated rings. The first-order chi connectivity index (χ1) is 13.0. The molecule has 0 heterocycles. The van der Waals surface area contributed by atoms with Gasteiger partial charge >= 0.3 is 6.18 Å². The lowest BCUT2D eigenvalue weighted by atomic mass is 10.1. The third kappa shape index (κ3) is 14.5. The van der Waals surface area contributed by atoms with Crippen molar-refractivity contribution in [2.75, 3.05) is 25.2 Å². The second-order valence-electron chi connectivity index (χ2n) is 6.58. The van der Waals surface area contributed by atoms with Crippen molar-refractivity contribution in [3.05, 3.63) is 35.4 Å². The lowest BCUT2D eigenvalue weighted by Gasteiger charge is -2.17. The fourth-order valence-electron chi connectivity index (χ4n) is 2.21. The molecule has 2 N–H and O–H groups in total. The van der Waals surface area contributed by atoms with E-state index >= 15 is 0 Å². The molecule has 0 aliphatic carbocycles. The molecule has 1 unspecified atom stereocenters. The second-order valence-corrected chi connectivity index (χ2v) is 8.84. The van der Waals surface area contributed by atoms with Gasteiger partial charge in [0.15, 0.2) is 5.96 Å². The van der Waals surface area contributed by atoms with Crippen LogP contribution in [-0.2, 0) is 27.7 Å². The molecule has 0 aliphatic heterocycles. The maximum absolute atomic E-state index is 12.1. The second kappa shape index (κ2) is 13.3. The van der Waals surface area contributed by atoms with Gasteiger partial charge in [0, 0.05) is 18.8 Å². The van der Waals surface area contributed by atoms with Crippen LogP contribution in [0.3, 0.4) is 0 Å². The van der Waals surface area contributed by atoms with Crippen molar-refractivity contribution in [2.45, 2.75) is 45.6 Å². The molecule has 1 atom stereocenters. The van der Waals surface area contributed by atoms with Crippen LogP contribution in [-0.4, -0.2) is 51.8 Å². The highest BCUT2D eigenvalue weighted by Crippen LogP contribution is 2.16. The maximum atomic E-state index is 12.1. The maximum Gasteiger partial charge on any atom is 0.411 e. The van der Waals surface area contributed by atoms with Crippen molar-refractivity contribution in [1.82, 2.24) is 10.6 Å². The summed E-state index contributed by atoms with van der Waals surface area (Å²) in [4.78, 5) is 4.46. The zero-order chi connectivity index (χ0) is 21.2. The Kier molecular flexibility index (Phi) is 12.8. The molecule has 6 nitrogen and oxygen atoms in total. The van der Waals surface area contributed by atoms with Crippen molar-refractivity contribution in [2.24, 2.45) is 4.99 Å². The summed E-state index contributed by atoms with van der Waals surface area (Å²) in [5.74, 6) is 0.666. The first kappa shape index (κ1) is 27.9. The number of sulfone groups is 1. The van der Waals surface area contributed by atoms with Gasteiger partial charge in [0.05, 0.1) is 18.9 Å². The van der Waals surface area contributed by atoms with Crippen LogP contribution in [0.2, 0.25) is 0 Å². The van der Waals surface area contributed by atoms with Crippen LogP contribution >= 0.6 is 24.0 Å². The number of hydrogen-bond acceptors (Lipinski definition) is 4. The Morgan fingerprint density at radius 2 is 1.79 bits per heavy atom. The molecule has 0 radical (unpaired) electrons. The van der Waals surface area contributed by atoms with Crippen LogP contribution in [0.5, 0.6) is 0 Å². The largest absolute Gasteiger partial charge is 0.411 e. The van der Waals surface area contributed by atoms with Crippen molar-refractivity contribution in [3.8, 4) is 0 Å². The zero-order valence-electron chi connectivity index (χ0n) is 16.8. The van der Waals surface area contributed by atoms with Gasteiger partial charge in [-0.05, 0) is 31.4 Å². The fourth-order valence-corrected chi connectivity index (χ4v) is 2.99. The summed E-state index contributed by atoms with van der Waals surface area (Å²) >= 11 is 0. The van der Waals surface area contributed by atoms with Crippen LogP contribution in [0, 0.1) is 0 Å². The minimum absolute atomic E-state index is 0. The SMILES string of the molecule is CCNC(=NCc1ccc(COCC(F)(F)F)cc1)NC(C)CCS(C)(=O)=O.I. The Morgan fingerprint density at radius 3 is 2.31 bits per heavy atom. The number of aliphatic imine (C=N–C) groups is 1. The van der Waals surface area contributed by atoms with Gasteiger partial charge in [0.2, 0.25) is 0 Å². The highest BCUT2D eigenvalue weighted by atomic mass is 127. The molecule has 0 aliphatic rings. The zero-order valence-corrected chi connectivity index (χ0v) is 19.9. The van der Waals surface area contributed by atoms with Crippen LogP contribution in [0.15, 0.2) is 29.3 Å².